The average Bonchev–Trinajstić information content (AvgIpc) is 2.46. The normalized spacial score (nSPS) is 13.1. The van der Waals surface area contributed by atoms with Gasteiger partial charge in [0, 0.05) is 12.6 Å². The number of carboxylic acids is 1. The maximum atomic E-state index is 10.6. The summed E-state index contributed by atoms with van der Waals surface area (Å²) in [5.41, 5.74) is 0.371. The number of carbonyl (C=O) groups is 1. The van der Waals surface area contributed by atoms with E-state index in [1.165, 1.54) is 6.20 Å². The molecule has 0 fully saturated rings. The van der Waals surface area contributed by atoms with Gasteiger partial charge in [-0.15, -0.1) is 0 Å². The number of hydrogen-bond donors (Lipinski definition) is 5. The van der Waals surface area contributed by atoms with Crippen molar-refractivity contribution in [1.29, 1.82) is 0 Å². The van der Waals surface area contributed by atoms with E-state index in [4.69, 9.17) is 21.9 Å². The van der Waals surface area contributed by atoms with Gasteiger partial charge in [0.2, 0.25) is 0 Å². The lowest BCUT2D eigenvalue weighted by Gasteiger charge is -2.17. The number of nitrogens with one attached hydrogen (secondary N) is 1. The van der Waals surface area contributed by atoms with Gasteiger partial charge in [-0.2, -0.15) is 5.12 Å². The first-order valence-corrected chi connectivity index (χ1v) is 3.75. The van der Waals surface area contributed by atoms with Crippen LogP contribution in [0.3, 0.4) is 0 Å². The first kappa shape index (κ1) is 10.4. The van der Waals surface area contributed by atoms with Gasteiger partial charge in [-0.1, -0.05) is 0 Å². The molecule has 0 aliphatic rings. The van der Waals surface area contributed by atoms with E-state index in [9.17, 15) is 4.79 Å². The van der Waals surface area contributed by atoms with Crippen molar-refractivity contribution in [3.63, 3.8) is 0 Å². The molecular formula is C6H11N5O3. The summed E-state index contributed by atoms with van der Waals surface area (Å²) in [6.45, 7) is 0. The smallest absolute Gasteiger partial charge is 0.324 e. The van der Waals surface area contributed by atoms with Gasteiger partial charge >= 0.3 is 5.97 Å². The third kappa shape index (κ3) is 2.42. The summed E-state index contributed by atoms with van der Waals surface area (Å²) in [4.78, 5) is 16.7. The standard InChI is InChI=1S/C6H11N5O3/c7-11(8)4(5(12)13)1-3-2-9-6(14)10-3/h2,4H,1,7-8H2,(H,12,13)(H2,9,10,14). The number of nitrogens with zero attached hydrogens (tertiary/aromatic N) is 2. The molecule has 0 spiro atoms. The second-order valence-corrected chi connectivity index (χ2v) is 2.72. The minimum atomic E-state index is -1.16. The van der Waals surface area contributed by atoms with Crippen LogP contribution in [0.2, 0.25) is 0 Å². The van der Waals surface area contributed by atoms with Gasteiger partial charge in [-0.3, -0.25) is 16.5 Å². The van der Waals surface area contributed by atoms with Gasteiger partial charge in [0.1, 0.15) is 6.04 Å². The molecule has 1 atom stereocenters. The Kier molecular flexibility index (Phi) is 3.02. The first-order chi connectivity index (χ1) is 6.50. The molecule has 0 amide bonds. The van der Waals surface area contributed by atoms with Gasteiger partial charge < -0.3 is 15.2 Å². The number of hydrazine groups is 2. The summed E-state index contributed by atoms with van der Waals surface area (Å²) in [7, 11) is 0. The lowest BCUT2D eigenvalue weighted by Crippen LogP contribution is -2.51. The summed E-state index contributed by atoms with van der Waals surface area (Å²) < 4.78 is 0. The summed E-state index contributed by atoms with van der Waals surface area (Å²) in [5.74, 6) is 9.09. The highest BCUT2D eigenvalue weighted by Gasteiger charge is 2.22. The second-order valence-electron chi connectivity index (χ2n) is 2.72. The molecule has 14 heavy (non-hydrogen) atoms. The molecule has 0 aromatic carbocycles. The largest absolute Gasteiger partial charge is 0.480 e. The van der Waals surface area contributed by atoms with E-state index in [0.717, 1.165) is 0 Å². The number of imidazole rings is 1. The quantitative estimate of drug-likeness (QED) is 0.284. The number of aliphatic carboxylic acids is 1. The highest BCUT2D eigenvalue weighted by molar-refractivity contribution is 5.73. The summed E-state index contributed by atoms with van der Waals surface area (Å²) in [5, 5.41) is 18.2. The lowest BCUT2D eigenvalue weighted by molar-refractivity contribution is -0.143. The van der Waals surface area contributed by atoms with Crippen LogP contribution in [0.1, 0.15) is 5.69 Å². The van der Waals surface area contributed by atoms with Crippen LogP contribution in [-0.4, -0.2) is 37.3 Å². The topological polar surface area (TPSA) is 141 Å². The van der Waals surface area contributed by atoms with Gasteiger partial charge in [0.15, 0.2) is 0 Å². The Morgan fingerprint density at radius 2 is 2.36 bits per heavy atom. The Morgan fingerprint density at radius 3 is 2.71 bits per heavy atom. The zero-order valence-corrected chi connectivity index (χ0v) is 7.21. The average molecular weight is 201 g/mol. The Morgan fingerprint density at radius 1 is 1.71 bits per heavy atom. The monoisotopic (exact) mass is 201 g/mol. The van der Waals surface area contributed by atoms with Gasteiger partial charge in [0.05, 0.1) is 5.69 Å². The maximum Gasteiger partial charge on any atom is 0.324 e. The molecule has 1 rings (SSSR count). The molecule has 7 N–H and O–H groups in total. The van der Waals surface area contributed by atoms with Crippen LogP contribution in [0.4, 0.5) is 0 Å². The minimum absolute atomic E-state index is 0.0133. The first-order valence-electron chi connectivity index (χ1n) is 3.75. The van der Waals surface area contributed by atoms with Crippen LogP contribution in [0.25, 0.3) is 0 Å². The van der Waals surface area contributed by atoms with E-state index < -0.39 is 12.0 Å². The predicted octanol–water partition coefficient (Wildman–Crippen LogP) is -1.84. The van der Waals surface area contributed by atoms with Crippen LogP contribution in [0.15, 0.2) is 6.20 Å². The zero-order chi connectivity index (χ0) is 10.7. The van der Waals surface area contributed by atoms with E-state index in [0.29, 0.717) is 10.8 Å². The number of H-pyrrole nitrogens is 1. The molecule has 0 radical (unpaired) electrons. The van der Waals surface area contributed by atoms with Crippen molar-refractivity contribution in [1.82, 2.24) is 15.1 Å². The second kappa shape index (κ2) is 4.05. The summed E-state index contributed by atoms with van der Waals surface area (Å²) in [6, 6.07) is -1.34. The molecule has 1 heterocycles. The van der Waals surface area contributed by atoms with Gasteiger partial charge in [-0.05, 0) is 0 Å². The number of aromatic amines is 1. The number of aromatic hydroxyl groups is 1. The van der Waals surface area contributed by atoms with Gasteiger partial charge in [0.25, 0.3) is 6.01 Å². The van der Waals surface area contributed by atoms with Crippen molar-refractivity contribution in [3.05, 3.63) is 11.9 Å². The maximum absolute atomic E-state index is 10.6. The molecule has 78 valence electrons. The van der Waals surface area contributed by atoms with Gasteiger partial charge in [-0.25, -0.2) is 4.98 Å². The molecule has 1 aromatic rings. The Bertz CT molecular complexity index is 323. The number of carboxylic acid groups (broad SMARTS) is 1. The van der Waals surface area contributed by atoms with Crippen molar-refractivity contribution in [2.24, 2.45) is 11.7 Å². The molecule has 1 aromatic heterocycles. The Hall–Kier alpha value is -1.64. The third-order valence-corrected chi connectivity index (χ3v) is 1.66. The van der Waals surface area contributed by atoms with E-state index >= 15 is 0 Å². The number of aromatic nitrogens is 2. The fourth-order valence-corrected chi connectivity index (χ4v) is 0.971. The van der Waals surface area contributed by atoms with E-state index in [2.05, 4.69) is 9.97 Å². The van der Waals surface area contributed by atoms with Crippen molar-refractivity contribution in [2.75, 3.05) is 0 Å². The van der Waals surface area contributed by atoms with Crippen LogP contribution in [-0.2, 0) is 11.2 Å². The molecule has 1 unspecified atom stereocenters. The van der Waals surface area contributed by atoms with Crippen LogP contribution >= 0.6 is 0 Å². The molecule has 8 heteroatoms. The Balaban J connectivity index is 2.69. The fourth-order valence-electron chi connectivity index (χ4n) is 0.971. The van der Waals surface area contributed by atoms with E-state index in [1.807, 2.05) is 0 Å². The Labute approximate surface area is 79.1 Å². The highest BCUT2D eigenvalue weighted by Crippen LogP contribution is 2.06. The number of nitrogens with two attached hydrogens (primary N) is 2. The molecular weight excluding hydrogens is 190 g/mol. The number of rotatable bonds is 4. The number of hydrogen-bond acceptors (Lipinski definition) is 6. The third-order valence-electron chi connectivity index (χ3n) is 1.66. The summed E-state index contributed by atoms with van der Waals surface area (Å²) in [6.07, 6.45) is 1.40. The van der Waals surface area contributed by atoms with Crippen LogP contribution in [0, 0.1) is 0 Å². The molecule has 0 saturated carbocycles. The molecule has 0 aliphatic heterocycles. The zero-order valence-electron chi connectivity index (χ0n) is 7.21. The minimum Gasteiger partial charge on any atom is -0.480 e. The SMILES string of the molecule is NN(N)C(Cc1c[nH]c(O)n1)C(=O)O. The molecule has 0 aliphatic carbocycles. The van der Waals surface area contributed by atoms with Crippen molar-refractivity contribution < 1.29 is 15.0 Å². The van der Waals surface area contributed by atoms with Crippen molar-refractivity contribution in [3.8, 4) is 6.01 Å². The van der Waals surface area contributed by atoms with E-state index in [1.54, 1.807) is 0 Å². The lowest BCUT2D eigenvalue weighted by atomic mass is 10.2. The molecule has 8 nitrogen and oxygen atoms in total. The van der Waals surface area contributed by atoms with Crippen molar-refractivity contribution in [2.45, 2.75) is 12.5 Å². The molecule has 0 saturated heterocycles. The van der Waals surface area contributed by atoms with Crippen molar-refractivity contribution >= 4 is 5.97 Å². The summed E-state index contributed by atoms with van der Waals surface area (Å²) >= 11 is 0. The van der Waals surface area contributed by atoms with E-state index in [-0.39, 0.29) is 12.4 Å². The highest BCUT2D eigenvalue weighted by atomic mass is 16.4. The van der Waals surface area contributed by atoms with Crippen LogP contribution in [0.5, 0.6) is 6.01 Å². The fraction of sp³-hybridized carbons (Fsp3) is 0.333. The van der Waals surface area contributed by atoms with Crippen LogP contribution < -0.4 is 11.7 Å². The predicted molar refractivity (Wildman–Crippen MR) is 45.6 cm³/mol. The molecule has 0 bridgehead atoms.